The second-order valence-electron chi connectivity index (χ2n) is 4.70. The Morgan fingerprint density at radius 3 is 2.39 bits per heavy atom. The lowest BCUT2D eigenvalue weighted by Crippen LogP contribution is -2.13. The number of nitrogens with zero attached hydrogens (tertiary/aromatic N) is 2. The van der Waals surface area contributed by atoms with Gasteiger partial charge in [0.2, 0.25) is 5.75 Å². The van der Waals surface area contributed by atoms with Crippen LogP contribution >= 0.6 is 0 Å². The number of phenolic OH excluding ortho intramolecular Hbond substituents is 1. The summed E-state index contributed by atoms with van der Waals surface area (Å²) in [4.78, 5) is 32.0. The monoisotopic (exact) mass is 317 g/mol. The molecule has 2 aromatic carbocycles. The predicted octanol–water partition coefficient (Wildman–Crippen LogP) is 2.77. The molecule has 2 aromatic rings. The molecule has 0 saturated heterocycles. The van der Waals surface area contributed by atoms with Crippen molar-refractivity contribution in [3.63, 3.8) is 0 Å². The summed E-state index contributed by atoms with van der Waals surface area (Å²) < 4.78 is 0. The maximum absolute atomic E-state index is 12.2. The molecule has 0 aliphatic carbocycles. The third-order valence-corrected chi connectivity index (χ3v) is 3.00. The van der Waals surface area contributed by atoms with Gasteiger partial charge in [0.15, 0.2) is 0 Å². The Kier molecular flexibility index (Phi) is 4.21. The highest BCUT2D eigenvalue weighted by atomic mass is 16.6. The quantitative estimate of drug-likeness (QED) is 0.657. The van der Waals surface area contributed by atoms with E-state index in [4.69, 9.17) is 0 Å². The van der Waals surface area contributed by atoms with E-state index in [0.717, 1.165) is 11.6 Å². The Labute approximate surface area is 129 Å². The van der Waals surface area contributed by atoms with Crippen LogP contribution in [0, 0.1) is 27.2 Å². The summed E-state index contributed by atoms with van der Waals surface area (Å²) in [6.45, 7) is 1.80. The second kappa shape index (κ2) is 6.10. The zero-order chi connectivity index (χ0) is 17.1. The predicted molar refractivity (Wildman–Crippen MR) is 80.5 cm³/mol. The summed E-state index contributed by atoms with van der Waals surface area (Å²) in [6, 6.07) is 8.08. The molecule has 1 amide bonds. The number of aryl methyl sites for hydroxylation is 1. The SMILES string of the molecule is Cc1cccc(NC(=O)c2cc([N+](=O)[O-])cc([N+](=O)[O-])c2O)c1. The van der Waals surface area contributed by atoms with E-state index in [-0.39, 0.29) is 0 Å². The van der Waals surface area contributed by atoms with Crippen molar-refractivity contribution in [1.82, 2.24) is 0 Å². The van der Waals surface area contributed by atoms with Gasteiger partial charge in [-0.3, -0.25) is 25.0 Å². The van der Waals surface area contributed by atoms with Crippen molar-refractivity contribution in [2.24, 2.45) is 0 Å². The minimum absolute atomic E-state index is 0.392. The minimum atomic E-state index is -0.994. The van der Waals surface area contributed by atoms with Crippen molar-refractivity contribution >= 4 is 23.0 Å². The van der Waals surface area contributed by atoms with Gasteiger partial charge in [-0.25, -0.2) is 0 Å². The molecular weight excluding hydrogens is 306 g/mol. The van der Waals surface area contributed by atoms with Crippen LogP contribution in [-0.2, 0) is 0 Å². The molecule has 0 atom stereocenters. The van der Waals surface area contributed by atoms with Gasteiger partial charge in [-0.1, -0.05) is 12.1 Å². The van der Waals surface area contributed by atoms with Crippen molar-refractivity contribution in [3.8, 4) is 5.75 Å². The number of anilines is 1. The Balaban J connectivity index is 2.46. The van der Waals surface area contributed by atoms with Crippen LogP contribution in [0.1, 0.15) is 15.9 Å². The van der Waals surface area contributed by atoms with Gasteiger partial charge in [-0.2, -0.15) is 0 Å². The average Bonchev–Trinajstić information content (AvgIpc) is 2.46. The van der Waals surface area contributed by atoms with Crippen molar-refractivity contribution < 1.29 is 19.7 Å². The number of amides is 1. The van der Waals surface area contributed by atoms with E-state index in [1.807, 2.05) is 0 Å². The Morgan fingerprint density at radius 1 is 1.13 bits per heavy atom. The normalized spacial score (nSPS) is 10.1. The van der Waals surface area contributed by atoms with E-state index >= 15 is 0 Å². The summed E-state index contributed by atoms with van der Waals surface area (Å²) in [5.74, 6) is -1.81. The molecule has 0 aromatic heterocycles. The van der Waals surface area contributed by atoms with Crippen LogP contribution in [0.2, 0.25) is 0 Å². The Hall–Kier alpha value is -3.49. The van der Waals surface area contributed by atoms with Crippen LogP contribution in [0.15, 0.2) is 36.4 Å². The number of rotatable bonds is 4. The number of nitro benzene ring substituents is 2. The number of hydrogen-bond acceptors (Lipinski definition) is 6. The summed E-state index contributed by atoms with van der Waals surface area (Å²) >= 11 is 0. The number of non-ortho nitro benzene ring substituents is 1. The van der Waals surface area contributed by atoms with Gasteiger partial charge in [-0.05, 0) is 24.6 Å². The average molecular weight is 317 g/mol. The van der Waals surface area contributed by atoms with E-state index < -0.39 is 38.4 Å². The summed E-state index contributed by atoms with van der Waals surface area (Å²) in [5.41, 5.74) is -0.870. The van der Waals surface area contributed by atoms with Crippen LogP contribution < -0.4 is 5.32 Å². The summed E-state index contributed by atoms with van der Waals surface area (Å²) in [5, 5.41) is 34.0. The molecule has 2 rings (SSSR count). The van der Waals surface area contributed by atoms with Crippen molar-refractivity contribution in [1.29, 1.82) is 0 Å². The van der Waals surface area contributed by atoms with E-state index in [2.05, 4.69) is 5.32 Å². The molecule has 0 heterocycles. The number of aromatic hydroxyl groups is 1. The lowest BCUT2D eigenvalue weighted by atomic mass is 10.1. The van der Waals surface area contributed by atoms with Crippen LogP contribution in [0.25, 0.3) is 0 Å². The van der Waals surface area contributed by atoms with E-state index in [1.165, 1.54) is 0 Å². The smallest absolute Gasteiger partial charge is 0.318 e. The lowest BCUT2D eigenvalue weighted by molar-refractivity contribution is -0.394. The standard InChI is InChI=1S/C14H11N3O6/c1-8-3-2-4-9(5-8)15-14(19)11-6-10(16(20)21)7-12(13(11)18)17(22)23/h2-7,18H,1H3,(H,15,19). The molecule has 0 unspecified atom stereocenters. The third kappa shape index (κ3) is 3.40. The number of carbonyl (C=O) groups excluding carboxylic acids is 1. The fourth-order valence-corrected chi connectivity index (χ4v) is 1.94. The minimum Gasteiger partial charge on any atom is -0.502 e. The van der Waals surface area contributed by atoms with E-state index in [1.54, 1.807) is 31.2 Å². The molecule has 9 nitrogen and oxygen atoms in total. The fraction of sp³-hybridized carbons (Fsp3) is 0.0714. The van der Waals surface area contributed by atoms with Gasteiger partial charge in [0.25, 0.3) is 11.6 Å². The number of benzene rings is 2. The van der Waals surface area contributed by atoms with Crippen molar-refractivity contribution in [2.75, 3.05) is 5.32 Å². The summed E-state index contributed by atoms with van der Waals surface area (Å²) in [7, 11) is 0. The maximum atomic E-state index is 12.2. The fourth-order valence-electron chi connectivity index (χ4n) is 1.94. The first kappa shape index (κ1) is 15.9. The molecule has 0 spiro atoms. The van der Waals surface area contributed by atoms with E-state index in [9.17, 15) is 30.1 Å². The Morgan fingerprint density at radius 2 is 1.83 bits per heavy atom. The topological polar surface area (TPSA) is 136 Å². The molecule has 0 bridgehead atoms. The first-order chi connectivity index (χ1) is 10.8. The molecule has 0 aliphatic heterocycles. The number of nitrogens with one attached hydrogen (secondary N) is 1. The number of hydrogen-bond donors (Lipinski definition) is 2. The molecule has 0 fully saturated rings. The Bertz CT molecular complexity index is 818. The molecule has 0 radical (unpaired) electrons. The zero-order valence-corrected chi connectivity index (χ0v) is 11.8. The largest absolute Gasteiger partial charge is 0.502 e. The van der Waals surface area contributed by atoms with Crippen molar-refractivity contribution in [2.45, 2.75) is 6.92 Å². The highest BCUT2D eigenvalue weighted by Gasteiger charge is 2.27. The maximum Gasteiger partial charge on any atom is 0.318 e. The molecule has 9 heteroatoms. The second-order valence-corrected chi connectivity index (χ2v) is 4.70. The van der Waals surface area contributed by atoms with Gasteiger partial charge in [0.05, 0.1) is 21.5 Å². The van der Waals surface area contributed by atoms with Crippen LogP contribution in [0.3, 0.4) is 0 Å². The third-order valence-electron chi connectivity index (χ3n) is 3.00. The molecular formula is C14H11N3O6. The lowest BCUT2D eigenvalue weighted by Gasteiger charge is -2.08. The van der Waals surface area contributed by atoms with Crippen LogP contribution in [0.4, 0.5) is 17.1 Å². The number of nitro groups is 2. The molecule has 0 aliphatic rings. The summed E-state index contributed by atoms with van der Waals surface area (Å²) in [6.07, 6.45) is 0. The van der Waals surface area contributed by atoms with Gasteiger partial charge in [-0.15, -0.1) is 0 Å². The molecule has 23 heavy (non-hydrogen) atoms. The first-order valence-corrected chi connectivity index (χ1v) is 6.33. The highest BCUT2D eigenvalue weighted by Crippen LogP contribution is 2.34. The first-order valence-electron chi connectivity index (χ1n) is 6.33. The van der Waals surface area contributed by atoms with Crippen molar-refractivity contribution in [3.05, 3.63) is 67.8 Å². The molecule has 118 valence electrons. The molecule has 0 saturated carbocycles. The highest BCUT2D eigenvalue weighted by molar-refractivity contribution is 6.07. The number of carbonyl (C=O) groups is 1. The van der Waals surface area contributed by atoms with E-state index in [0.29, 0.717) is 11.8 Å². The molecule has 2 N–H and O–H groups in total. The van der Waals surface area contributed by atoms with Gasteiger partial charge in [0.1, 0.15) is 0 Å². The van der Waals surface area contributed by atoms with Crippen LogP contribution in [0.5, 0.6) is 5.75 Å². The van der Waals surface area contributed by atoms with Gasteiger partial charge < -0.3 is 10.4 Å². The van der Waals surface area contributed by atoms with Gasteiger partial charge in [0, 0.05) is 11.8 Å². The van der Waals surface area contributed by atoms with Gasteiger partial charge >= 0.3 is 5.69 Å². The number of phenols is 1. The van der Waals surface area contributed by atoms with Crippen LogP contribution in [-0.4, -0.2) is 20.9 Å². The zero-order valence-electron chi connectivity index (χ0n) is 11.8.